The Morgan fingerprint density at radius 1 is 1.12 bits per heavy atom. The van der Waals surface area contributed by atoms with Gasteiger partial charge in [-0.1, -0.05) is 18.6 Å². The lowest BCUT2D eigenvalue weighted by Crippen LogP contribution is -2.48. The Kier molecular flexibility index (Phi) is 4.95. The summed E-state index contributed by atoms with van der Waals surface area (Å²) in [4.78, 5) is 12.0. The van der Waals surface area contributed by atoms with Crippen LogP contribution in [-0.2, 0) is 9.53 Å². The van der Waals surface area contributed by atoms with Crippen LogP contribution in [0.15, 0.2) is 24.3 Å². The summed E-state index contributed by atoms with van der Waals surface area (Å²) in [5.74, 6) is 0.337. The minimum absolute atomic E-state index is 0.0500. The number of benzene rings is 1. The van der Waals surface area contributed by atoms with Crippen LogP contribution in [0.1, 0.15) is 50.1 Å². The van der Waals surface area contributed by atoms with Gasteiger partial charge in [0.15, 0.2) is 0 Å². The van der Waals surface area contributed by atoms with Crippen molar-refractivity contribution in [1.82, 2.24) is 5.32 Å². The van der Waals surface area contributed by atoms with E-state index in [4.69, 9.17) is 10.5 Å². The van der Waals surface area contributed by atoms with Gasteiger partial charge in [-0.3, -0.25) is 4.79 Å². The average Bonchev–Trinajstić information content (AvgIpc) is 3.10. The lowest BCUT2D eigenvalue weighted by molar-refractivity contribution is -0.124. The molecule has 4 unspecified atom stereocenters. The number of nitrogens with one attached hydrogen (secondary N) is 2. The summed E-state index contributed by atoms with van der Waals surface area (Å²) < 4.78 is 5.41. The molecular formula is C20H29N3O2. The fourth-order valence-corrected chi connectivity index (χ4v) is 4.82. The number of fused-ring (bicyclic) bond motifs is 1. The molecule has 3 fully saturated rings. The van der Waals surface area contributed by atoms with E-state index in [1.165, 1.54) is 24.8 Å². The minimum atomic E-state index is -0.174. The largest absolute Gasteiger partial charge is 0.382 e. The van der Waals surface area contributed by atoms with Gasteiger partial charge >= 0.3 is 0 Å². The van der Waals surface area contributed by atoms with Crippen LogP contribution in [-0.4, -0.2) is 31.2 Å². The lowest BCUT2D eigenvalue weighted by Gasteiger charge is -2.39. The van der Waals surface area contributed by atoms with Crippen molar-refractivity contribution in [2.75, 3.05) is 18.5 Å². The molecule has 25 heavy (non-hydrogen) atoms. The van der Waals surface area contributed by atoms with E-state index >= 15 is 0 Å². The van der Waals surface area contributed by atoms with E-state index in [-0.39, 0.29) is 17.9 Å². The molecule has 0 radical (unpaired) electrons. The van der Waals surface area contributed by atoms with Gasteiger partial charge in [-0.15, -0.1) is 0 Å². The third-order valence-electron chi connectivity index (χ3n) is 6.24. The number of primary amides is 1. The van der Waals surface area contributed by atoms with Gasteiger partial charge in [0.2, 0.25) is 5.91 Å². The number of carbonyl (C=O) groups excluding carboxylic acids is 1. The molecule has 3 aliphatic rings. The van der Waals surface area contributed by atoms with E-state index in [2.05, 4.69) is 34.9 Å². The van der Waals surface area contributed by atoms with Crippen LogP contribution in [0.4, 0.5) is 5.69 Å². The number of piperidine rings is 1. The van der Waals surface area contributed by atoms with Gasteiger partial charge in [0, 0.05) is 37.0 Å². The summed E-state index contributed by atoms with van der Waals surface area (Å²) in [5, 5.41) is 7.32. The third-order valence-corrected chi connectivity index (χ3v) is 6.24. The highest BCUT2D eigenvalue weighted by Crippen LogP contribution is 2.41. The molecule has 1 aromatic rings. The van der Waals surface area contributed by atoms with Gasteiger partial charge in [-0.05, 0) is 55.7 Å². The minimum Gasteiger partial charge on any atom is -0.382 e. The van der Waals surface area contributed by atoms with Crippen molar-refractivity contribution in [3.63, 3.8) is 0 Å². The van der Waals surface area contributed by atoms with Gasteiger partial charge < -0.3 is 21.1 Å². The predicted molar refractivity (Wildman–Crippen MR) is 98.2 cm³/mol. The molecule has 2 saturated heterocycles. The molecule has 1 aromatic carbocycles. The summed E-state index contributed by atoms with van der Waals surface area (Å²) in [6, 6.07) is 9.63. The molecule has 5 nitrogen and oxygen atoms in total. The van der Waals surface area contributed by atoms with Gasteiger partial charge in [-0.2, -0.15) is 0 Å². The normalized spacial score (nSPS) is 33.0. The van der Waals surface area contributed by atoms with Crippen molar-refractivity contribution in [2.45, 2.75) is 56.7 Å². The second-order valence-electron chi connectivity index (χ2n) is 7.84. The number of hydrogen-bond acceptors (Lipinski definition) is 4. The third kappa shape index (κ3) is 3.67. The number of anilines is 1. The Balaban J connectivity index is 1.46. The summed E-state index contributed by atoms with van der Waals surface area (Å²) >= 11 is 0. The molecule has 4 N–H and O–H groups in total. The maximum Gasteiger partial charge on any atom is 0.222 e. The zero-order valence-electron chi connectivity index (χ0n) is 14.7. The van der Waals surface area contributed by atoms with Crippen LogP contribution in [0.2, 0.25) is 0 Å². The Labute approximate surface area is 149 Å². The van der Waals surface area contributed by atoms with E-state index in [0.29, 0.717) is 18.0 Å². The number of hydrogen-bond donors (Lipinski definition) is 3. The van der Waals surface area contributed by atoms with Crippen LogP contribution < -0.4 is 16.4 Å². The molecule has 1 amide bonds. The van der Waals surface area contributed by atoms with E-state index in [0.717, 1.165) is 38.2 Å². The van der Waals surface area contributed by atoms with Crippen molar-refractivity contribution >= 4 is 11.6 Å². The van der Waals surface area contributed by atoms with E-state index in [9.17, 15) is 4.79 Å². The first kappa shape index (κ1) is 16.9. The monoisotopic (exact) mass is 343 g/mol. The van der Waals surface area contributed by atoms with Crippen molar-refractivity contribution in [1.29, 1.82) is 0 Å². The van der Waals surface area contributed by atoms with Gasteiger partial charge in [0.1, 0.15) is 0 Å². The summed E-state index contributed by atoms with van der Waals surface area (Å²) in [7, 11) is 0. The van der Waals surface area contributed by atoms with E-state index < -0.39 is 0 Å². The van der Waals surface area contributed by atoms with Crippen LogP contribution >= 0.6 is 0 Å². The topological polar surface area (TPSA) is 76.4 Å². The Morgan fingerprint density at radius 2 is 1.88 bits per heavy atom. The Morgan fingerprint density at radius 3 is 2.60 bits per heavy atom. The molecule has 1 saturated carbocycles. The van der Waals surface area contributed by atoms with E-state index in [1.54, 1.807) is 0 Å². The van der Waals surface area contributed by atoms with Crippen LogP contribution in [0, 0.1) is 11.8 Å². The second-order valence-corrected chi connectivity index (χ2v) is 7.84. The average molecular weight is 343 g/mol. The van der Waals surface area contributed by atoms with Gasteiger partial charge in [0.05, 0.1) is 5.92 Å². The fraction of sp³-hybridized carbons (Fsp3) is 0.650. The lowest BCUT2D eigenvalue weighted by atomic mass is 9.78. The molecule has 1 aliphatic carbocycles. The molecule has 0 spiro atoms. The van der Waals surface area contributed by atoms with Crippen molar-refractivity contribution in [3.05, 3.63) is 29.8 Å². The van der Waals surface area contributed by atoms with Crippen LogP contribution in [0.5, 0.6) is 0 Å². The number of rotatable bonds is 4. The van der Waals surface area contributed by atoms with Gasteiger partial charge in [0.25, 0.3) is 0 Å². The maximum atomic E-state index is 12.0. The quantitative estimate of drug-likeness (QED) is 0.785. The molecule has 2 heterocycles. The van der Waals surface area contributed by atoms with E-state index in [1.807, 2.05) is 0 Å². The number of ether oxygens (including phenoxy) is 1. The zero-order chi connectivity index (χ0) is 17.2. The molecule has 0 bridgehead atoms. The molecule has 4 atom stereocenters. The smallest absolute Gasteiger partial charge is 0.222 e. The van der Waals surface area contributed by atoms with Crippen LogP contribution in [0.3, 0.4) is 0 Å². The Hall–Kier alpha value is -1.59. The molecule has 2 aliphatic heterocycles. The zero-order valence-corrected chi connectivity index (χ0v) is 14.7. The summed E-state index contributed by atoms with van der Waals surface area (Å²) in [5.41, 5.74) is 8.04. The standard InChI is InChI=1S/C20H29N3O2/c21-20(24)17-12-14-2-1-3-18(14)23-19(17)13-4-6-15(7-5-13)22-16-8-10-25-11-9-16/h4-7,14,16-19,22-23H,1-3,8-12H2,(H2,21,24). The highest BCUT2D eigenvalue weighted by Gasteiger charge is 2.41. The molecular weight excluding hydrogens is 314 g/mol. The highest BCUT2D eigenvalue weighted by atomic mass is 16.5. The van der Waals surface area contributed by atoms with Crippen molar-refractivity contribution in [2.24, 2.45) is 17.6 Å². The first-order chi connectivity index (χ1) is 12.2. The first-order valence-corrected chi connectivity index (χ1v) is 9.70. The number of carbonyl (C=O) groups is 1. The summed E-state index contributed by atoms with van der Waals surface area (Å²) in [6.07, 6.45) is 6.74. The fourth-order valence-electron chi connectivity index (χ4n) is 4.82. The number of amides is 1. The molecule has 136 valence electrons. The van der Waals surface area contributed by atoms with Crippen LogP contribution in [0.25, 0.3) is 0 Å². The van der Waals surface area contributed by atoms with Crippen molar-refractivity contribution < 1.29 is 9.53 Å². The number of nitrogens with two attached hydrogens (primary N) is 1. The second kappa shape index (κ2) is 7.34. The molecule has 5 heteroatoms. The first-order valence-electron chi connectivity index (χ1n) is 9.70. The molecule has 4 rings (SSSR count). The Bertz CT molecular complexity index is 597. The molecule has 0 aromatic heterocycles. The maximum absolute atomic E-state index is 12.0. The van der Waals surface area contributed by atoms with Gasteiger partial charge in [-0.25, -0.2) is 0 Å². The summed E-state index contributed by atoms with van der Waals surface area (Å²) in [6.45, 7) is 1.68. The predicted octanol–water partition coefficient (Wildman–Crippen LogP) is 2.58. The SMILES string of the molecule is NC(=O)C1CC2CCCC2NC1c1ccc(NC2CCOCC2)cc1. The van der Waals surface area contributed by atoms with Crippen molar-refractivity contribution in [3.8, 4) is 0 Å². The highest BCUT2D eigenvalue weighted by molar-refractivity contribution is 5.78.